The van der Waals surface area contributed by atoms with Crippen molar-refractivity contribution in [3.05, 3.63) is 30.1 Å². The van der Waals surface area contributed by atoms with Crippen molar-refractivity contribution in [2.45, 2.75) is 61.8 Å². The molecule has 29 heavy (non-hydrogen) atoms. The van der Waals surface area contributed by atoms with E-state index in [0.29, 0.717) is 19.4 Å². The van der Waals surface area contributed by atoms with Gasteiger partial charge in [0.2, 0.25) is 15.9 Å². The van der Waals surface area contributed by atoms with Gasteiger partial charge in [0.15, 0.2) is 0 Å². The van der Waals surface area contributed by atoms with Crippen LogP contribution < -0.4 is 5.32 Å². The molecule has 1 aliphatic heterocycles. The summed E-state index contributed by atoms with van der Waals surface area (Å²) in [5.41, 5.74) is -0.0600. The summed E-state index contributed by atoms with van der Waals surface area (Å²) < 4.78 is 40.8. The molecule has 1 aromatic rings. The Morgan fingerprint density at radius 3 is 2.38 bits per heavy atom. The number of rotatable bonds is 4. The number of halogens is 1. The Balaban J connectivity index is 1.29. The number of nitrogens with one attached hydrogen (secondary N) is 1. The highest BCUT2D eigenvalue weighted by molar-refractivity contribution is 7.89. The zero-order chi connectivity index (χ0) is 20.2. The van der Waals surface area contributed by atoms with Crippen LogP contribution in [0, 0.1) is 29.5 Å². The van der Waals surface area contributed by atoms with Gasteiger partial charge >= 0.3 is 0 Å². The van der Waals surface area contributed by atoms with Crippen LogP contribution in [-0.2, 0) is 14.8 Å². The van der Waals surface area contributed by atoms with Crippen LogP contribution in [0.15, 0.2) is 29.2 Å². The number of hydrogen-bond acceptors (Lipinski definition) is 3. The first-order valence-corrected chi connectivity index (χ1v) is 12.3. The number of piperidine rings is 1. The second-order valence-electron chi connectivity index (χ2n) is 9.85. The Hall–Kier alpha value is -1.47. The zero-order valence-electron chi connectivity index (χ0n) is 16.6. The van der Waals surface area contributed by atoms with E-state index in [4.69, 9.17) is 0 Å². The number of nitrogens with zero attached hydrogens (tertiary/aromatic N) is 1. The topological polar surface area (TPSA) is 66.5 Å². The predicted molar refractivity (Wildman–Crippen MR) is 107 cm³/mol. The van der Waals surface area contributed by atoms with E-state index < -0.39 is 15.8 Å². The highest BCUT2D eigenvalue weighted by Gasteiger charge is 2.52. The fourth-order valence-electron chi connectivity index (χ4n) is 6.78. The second-order valence-corrected chi connectivity index (χ2v) is 11.8. The molecule has 7 heteroatoms. The van der Waals surface area contributed by atoms with Crippen molar-refractivity contribution in [2.24, 2.45) is 23.7 Å². The smallest absolute Gasteiger partial charge is 0.243 e. The number of amides is 1. The number of benzene rings is 1. The Bertz CT molecular complexity index is 881. The van der Waals surface area contributed by atoms with Crippen LogP contribution in [-0.4, -0.2) is 37.3 Å². The lowest BCUT2D eigenvalue weighted by molar-refractivity contribution is -0.131. The van der Waals surface area contributed by atoms with E-state index in [1.807, 2.05) is 0 Å². The van der Waals surface area contributed by atoms with Crippen LogP contribution >= 0.6 is 0 Å². The molecule has 1 atom stereocenters. The standard InChI is InChI=1S/C22H29FN2O3S/c23-19-4-1-5-20(10-19)29(27,28)25-6-2-3-18(14-25)21(26)24-22-11-15-7-16(12-22)9-17(8-15)13-22/h1,4-5,10,15-18H,2-3,6-9,11-14H2,(H,24,26)/t15?,16?,17?,18-,22?/m0/s1. The molecule has 4 bridgehead atoms. The fraction of sp³-hybridized carbons (Fsp3) is 0.682. The number of hydrogen-bond donors (Lipinski definition) is 1. The first kappa shape index (κ1) is 19.5. The normalized spacial score (nSPS) is 36.9. The van der Waals surface area contributed by atoms with E-state index in [1.165, 1.54) is 41.8 Å². The van der Waals surface area contributed by atoms with Crippen molar-refractivity contribution in [1.29, 1.82) is 0 Å². The average Bonchev–Trinajstić information content (AvgIpc) is 2.66. The van der Waals surface area contributed by atoms with Gasteiger partial charge in [-0.25, -0.2) is 12.8 Å². The number of carbonyl (C=O) groups is 1. The molecule has 4 saturated carbocycles. The van der Waals surface area contributed by atoms with Crippen LogP contribution in [0.2, 0.25) is 0 Å². The van der Waals surface area contributed by atoms with Gasteiger partial charge in [-0.05, 0) is 87.3 Å². The van der Waals surface area contributed by atoms with Crippen molar-refractivity contribution >= 4 is 15.9 Å². The lowest BCUT2D eigenvalue weighted by Gasteiger charge is -2.57. The Labute approximate surface area is 172 Å². The summed E-state index contributed by atoms with van der Waals surface area (Å²) in [6.07, 6.45) is 8.56. The first-order chi connectivity index (χ1) is 13.8. The predicted octanol–water partition coefficient (Wildman–Crippen LogP) is 3.31. The molecule has 158 valence electrons. The molecule has 0 radical (unpaired) electrons. The lowest BCUT2D eigenvalue weighted by atomic mass is 9.53. The quantitative estimate of drug-likeness (QED) is 0.813. The van der Waals surface area contributed by atoms with Crippen molar-refractivity contribution < 1.29 is 17.6 Å². The van der Waals surface area contributed by atoms with Gasteiger partial charge in [-0.3, -0.25) is 4.79 Å². The molecule has 5 fully saturated rings. The summed E-state index contributed by atoms with van der Waals surface area (Å²) in [5.74, 6) is 1.35. The molecule has 0 aromatic heterocycles. The molecular weight excluding hydrogens is 391 g/mol. The minimum atomic E-state index is -3.79. The van der Waals surface area contributed by atoms with Gasteiger partial charge < -0.3 is 5.32 Å². The number of carbonyl (C=O) groups excluding carboxylic acids is 1. The maximum atomic E-state index is 13.5. The van der Waals surface area contributed by atoms with Crippen molar-refractivity contribution in [1.82, 2.24) is 9.62 Å². The lowest BCUT2D eigenvalue weighted by Crippen LogP contribution is -2.61. The Kier molecular flexibility index (Phi) is 4.74. The van der Waals surface area contributed by atoms with Crippen LogP contribution in [0.25, 0.3) is 0 Å². The second kappa shape index (κ2) is 7.05. The highest BCUT2D eigenvalue weighted by atomic mass is 32.2. The first-order valence-electron chi connectivity index (χ1n) is 10.9. The van der Waals surface area contributed by atoms with Gasteiger partial charge in [0.1, 0.15) is 5.82 Å². The summed E-state index contributed by atoms with van der Waals surface area (Å²) >= 11 is 0. The van der Waals surface area contributed by atoms with Gasteiger partial charge in [0.05, 0.1) is 10.8 Å². The van der Waals surface area contributed by atoms with Gasteiger partial charge in [0.25, 0.3) is 0 Å². The maximum Gasteiger partial charge on any atom is 0.243 e. The molecule has 4 aliphatic carbocycles. The summed E-state index contributed by atoms with van der Waals surface area (Å²) in [6, 6.07) is 5.10. The van der Waals surface area contributed by atoms with Crippen LogP contribution in [0.5, 0.6) is 0 Å². The molecular formula is C22H29FN2O3S. The maximum absolute atomic E-state index is 13.5. The molecule has 1 amide bonds. The van der Waals surface area contributed by atoms with Crippen molar-refractivity contribution in [3.8, 4) is 0 Å². The molecule has 1 heterocycles. The molecule has 6 rings (SSSR count). The largest absolute Gasteiger partial charge is 0.350 e. The van der Waals surface area contributed by atoms with Gasteiger partial charge in [-0.2, -0.15) is 4.31 Å². The van der Waals surface area contributed by atoms with Crippen LogP contribution in [0.4, 0.5) is 4.39 Å². The Morgan fingerprint density at radius 1 is 1.10 bits per heavy atom. The molecule has 5 nitrogen and oxygen atoms in total. The molecule has 5 aliphatic rings. The van der Waals surface area contributed by atoms with E-state index in [1.54, 1.807) is 0 Å². The summed E-state index contributed by atoms with van der Waals surface area (Å²) in [6.45, 7) is 0.553. The Morgan fingerprint density at radius 2 is 1.76 bits per heavy atom. The van der Waals surface area contributed by atoms with Gasteiger partial charge in [-0.15, -0.1) is 0 Å². The average molecular weight is 421 g/mol. The highest BCUT2D eigenvalue weighted by Crippen LogP contribution is 2.55. The van der Waals surface area contributed by atoms with E-state index in [-0.39, 0.29) is 28.8 Å². The SMILES string of the molecule is O=C(NC12CC3CC(CC(C3)C1)C2)[C@H]1CCCN(S(=O)(=O)c2cccc(F)c2)C1. The minimum Gasteiger partial charge on any atom is -0.350 e. The van der Waals surface area contributed by atoms with Crippen LogP contribution in [0.1, 0.15) is 51.4 Å². The van der Waals surface area contributed by atoms with Crippen molar-refractivity contribution in [3.63, 3.8) is 0 Å². The van der Waals surface area contributed by atoms with Crippen molar-refractivity contribution in [2.75, 3.05) is 13.1 Å². The monoisotopic (exact) mass is 420 g/mol. The van der Waals surface area contributed by atoms with E-state index >= 15 is 0 Å². The van der Waals surface area contributed by atoms with Crippen LogP contribution in [0.3, 0.4) is 0 Å². The van der Waals surface area contributed by atoms with E-state index in [0.717, 1.165) is 43.1 Å². The van der Waals surface area contributed by atoms with E-state index in [9.17, 15) is 17.6 Å². The molecule has 0 unspecified atom stereocenters. The molecule has 1 aromatic carbocycles. The summed E-state index contributed by atoms with van der Waals surface area (Å²) in [4.78, 5) is 13.1. The molecule has 1 saturated heterocycles. The van der Waals surface area contributed by atoms with Gasteiger partial charge in [0, 0.05) is 18.6 Å². The number of sulfonamides is 1. The fourth-order valence-corrected chi connectivity index (χ4v) is 8.33. The van der Waals surface area contributed by atoms with E-state index in [2.05, 4.69) is 5.32 Å². The molecule has 1 N–H and O–H groups in total. The third-order valence-corrected chi connectivity index (χ3v) is 9.48. The zero-order valence-corrected chi connectivity index (χ0v) is 17.5. The third kappa shape index (κ3) is 3.61. The summed E-state index contributed by atoms with van der Waals surface area (Å²) in [5, 5.41) is 3.39. The van der Waals surface area contributed by atoms with Gasteiger partial charge in [-0.1, -0.05) is 6.07 Å². The summed E-state index contributed by atoms with van der Waals surface area (Å²) in [7, 11) is -3.79. The molecule has 0 spiro atoms. The third-order valence-electron chi connectivity index (χ3n) is 7.62. The minimum absolute atomic E-state index is 0.00564.